The summed E-state index contributed by atoms with van der Waals surface area (Å²) >= 11 is 0. The van der Waals surface area contributed by atoms with Gasteiger partial charge in [0.2, 0.25) is 0 Å². The SMILES string of the molecule is C.CC(C)(C)OC(=O)N1CCC(O)CC1.CC(C)(C)OC(=O)N1CCC(n2cc([N+](=O)[O-])cn2)CC1.O=[N+]([O-])c1cn[nH]c1. The Balaban J connectivity index is 0.000000362. The number of H-pyrrole nitrogens is 1. The third kappa shape index (κ3) is 13.4. The minimum atomic E-state index is -0.510. The van der Waals surface area contributed by atoms with Crippen LogP contribution in [0.15, 0.2) is 24.8 Å². The number of ether oxygens (including phenoxy) is 2. The molecule has 248 valence electrons. The van der Waals surface area contributed by atoms with Crippen LogP contribution in [0.3, 0.4) is 0 Å². The maximum absolute atomic E-state index is 11.9. The van der Waals surface area contributed by atoms with E-state index < -0.39 is 21.0 Å². The fourth-order valence-corrected chi connectivity index (χ4v) is 3.98. The van der Waals surface area contributed by atoms with E-state index in [0.29, 0.717) is 51.9 Å². The van der Waals surface area contributed by atoms with Gasteiger partial charge in [0.1, 0.15) is 29.8 Å². The molecule has 0 aromatic carbocycles. The fraction of sp³-hybridized carbons (Fsp3) is 0.704. The van der Waals surface area contributed by atoms with Crippen molar-refractivity contribution in [2.75, 3.05) is 26.2 Å². The lowest BCUT2D eigenvalue weighted by Gasteiger charge is -2.33. The molecule has 17 heteroatoms. The monoisotopic (exact) mass is 626 g/mol. The van der Waals surface area contributed by atoms with Gasteiger partial charge < -0.3 is 24.4 Å². The first kappa shape index (κ1) is 37.7. The summed E-state index contributed by atoms with van der Waals surface area (Å²) in [5, 5.41) is 39.5. The van der Waals surface area contributed by atoms with Crippen LogP contribution < -0.4 is 0 Å². The highest BCUT2D eigenvalue weighted by molar-refractivity contribution is 5.68. The van der Waals surface area contributed by atoms with Gasteiger partial charge in [-0.15, -0.1) is 0 Å². The maximum atomic E-state index is 11.9. The van der Waals surface area contributed by atoms with E-state index in [9.17, 15) is 34.9 Å². The van der Waals surface area contributed by atoms with Crippen molar-refractivity contribution < 1.29 is 34.0 Å². The molecule has 2 aliphatic heterocycles. The van der Waals surface area contributed by atoms with Crippen LogP contribution in [0.1, 0.15) is 80.7 Å². The molecule has 2 fully saturated rings. The van der Waals surface area contributed by atoms with Gasteiger partial charge in [-0.1, -0.05) is 7.43 Å². The van der Waals surface area contributed by atoms with Crippen LogP contribution in [0.25, 0.3) is 0 Å². The molecule has 2 saturated heterocycles. The number of rotatable bonds is 3. The van der Waals surface area contributed by atoms with Gasteiger partial charge in [0, 0.05) is 26.2 Å². The zero-order valence-electron chi connectivity index (χ0n) is 25.5. The van der Waals surface area contributed by atoms with Crippen LogP contribution in [0, 0.1) is 20.2 Å². The van der Waals surface area contributed by atoms with Crippen LogP contribution in [-0.2, 0) is 9.47 Å². The average Bonchev–Trinajstić information content (AvgIpc) is 3.61. The Hall–Kier alpha value is -4.28. The number of hydrogen-bond donors (Lipinski definition) is 2. The van der Waals surface area contributed by atoms with Crippen molar-refractivity contribution in [3.8, 4) is 0 Å². The van der Waals surface area contributed by atoms with Gasteiger partial charge in [-0.3, -0.25) is 30.0 Å². The normalized spacial score (nSPS) is 15.9. The molecule has 0 aliphatic carbocycles. The zero-order valence-corrected chi connectivity index (χ0v) is 25.5. The van der Waals surface area contributed by atoms with Crippen molar-refractivity contribution in [2.45, 2.75) is 98.0 Å². The highest BCUT2D eigenvalue weighted by atomic mass is 16.6. The Labute approximate surface area is 256 Å². The fourth-order valence-electron chi connectivity index (χ4n) is 3.98. The van der Waals surface area contributed by atoms with E-state index in [1.165, 1.54) is 18.6 Å². The molecule has 2 aromatic rings. The Morgan fingerprint density at radius 3 is 1.66 bits per heavy atom. The van der Waals surface area contributed by atoms with Crippen molar-refractivity contribution in [1.29, 1.82) is 0 Å². The maximum Gasteiger partial charge on any atom is 0.410 e. The Kier molecular flexibility index (Phi) is 14.2. The van der Waals surface area contributed by atoms with Gasteiger partial charge >= 0.3 is 23.6 Å². The molecule has 2 amide bonds. The number of nitro groups is 2. The minimum Gasteiger partial charge on any atom is -0.444 e. The van der Waals surface area contributed by atoms with Crippen LogP contribution in [0.4, 0.5) is 21.0 Å². The summed E-state index contributed by atoms with van der Waals surface area (Å²) in [7, 11) is 0. The van der Waals surface area contributed by atoms with E-state index in [1.807, 2.05) is 41.5 Å². The molecule has 0 atom stereocenters. The zero-order chi connectivity index (χ0) is 32.4. The Morgan fingerprint density at radius 1 is 0.864 bits per heavy atom. The van der Waals surface area contributed by atoms with Crippen LogP contribution in [-0.4, -0.2) is 100 Å². The highest BCUT2D eigenvalue weighted by Gasteiger charge is 2.29. The van der Waals surface area contributed by atoms with Crippen molar-refractivity contribution in [1.82, 2.24) is 29.8 Å². The molecule has 0 unspecified atom stereocenters. The second-order valence-electron chi connectivity index (χ2n) is 12.0. The first-order valence-electron chi connectivity index (χ1n) is 13.9. The molecule has 44 heavy (non-hydrogen) atoms. The molecule has 17 nitrogen and oxygen atoms in total. The number of aromatic amines is 1. The van der Waals surface area contributed by atoms with Crippen molar-refractivity contribution in [3.05, 3.63) is 45.0 Å². The standard InChI is InChI=1S/C13H20N4O4.C10H19NO3.C3H3N3O2.CH4/c1-13(2,3)21-12(18)15-6-4-10(5-7-15)16-9-11(8-14-16)17(19)20;1-10(2,3)14-9(13)11-6-4-8(12)5-7-11;7-6(8)3-1-4-5-2-3;/h8-10H,4-7H2,1-3H3;8,12H,4-7H2,1-3H3;1-2H,(H,4,5);1H4. The van der Waals surface area contributed by atoms with Crippen LogP contribution >= 0.6 is 0 Å². The molecule has 0 bridgehead atoms. The number of carbonyl (C=O) groups is 2. The van der Waals surface area contributed by atoms with Gasteiger partial charge in [0.05, 0.1) is 28.2 Å². The Bertz CT molecular complexity index is 1190. The van der Waals surface area contributed by atoms with Gasteiger partial charge in [-0.05, 0) is 67.2 Å². The quantitative estimate of drug-likeness (QED) is 0.352. The summed E-state index contributed by atoms with van der Waals surface area (Å²) in [6.07, 6.45) is 6.94. The smallest absolute Gasteiger partial charge is 0.410 e. The van der Waals surface area contributed by atoms with Gasteiger partial charge in [0.15, 0.2) is 0 Å². The number of amides is 2. The molecule has 0 radical (unpaired) electrons. The predicted molar refractivity (Wildman–Crippen MR) is 160 cm³/mol. The second kappa shape index (κ2) is 16.5. The van der Waals surface area contributed by atoms with Crippen molar-refractivity contribution in [2.24, 2.45) is 0 Å². The summed E-state index contributed by atoms with van der Waals surface area (Å²) in [6.45, 7) is 13.4. The van der Waals surface area contributed by atoms with E-state index in [1.54, 1.807) is 14.5 Å². The first-order valence-corrected chi connectivity index (χ1v) is 13.9. The van der Waals surface area contributed by atoms with E-state index in [4.69, 9.17) is 9.47 Å². The molecule has 0 spiro atoms. The largest absolute Gasteiger partial charge is 0.444 e. The predicted octanol–water partition coefficient (Wildman–Crippen LogP) is 4.70. The summed E-state index contributed by atoms with van der Waals surface area (Å²) in [4.78, 5) is 46.3. The van der Waals surface area contributed by atoms with E-state index >= 15 is 0 Å². The number of nitrogens with one attached hydrogen (secondary N) is 1. The molecule has 0 saturated carbocycles. The summed E-state index contributed by atoms with van der Waals surface area (Å²) < 4.78 is 12.2. The molecular weight excluding hydrogens is 580 g/mol. The van der Waals surface area contributed by atoms with Gasteiger partial charge in [-0.2, -0.15) is 10.2 Å². The molecule has 2 aliphatic rings. The lowest BCUT2D eigenvalue weighted by molar-refractivity contribution is -0.385. The molecule has 4 heterocycles. The number of aromatic nitrogens is 4. The summed E-state index contributed by atoms with van der Waals surface area (Å²) in [6, 6.07) is 0.0809. The topological polar surface area (TPSA) is 212 Å². The first-order chi connectivity index (χ1) is 19.9. The average molecular weight is 627 g/mol. The molecule has 2 aromatic heterocycles. The third-order valence-corrected chi connectivity index (χ3v) is 6.10. The van der Waals surface area contributed by atoms with Crippen molar-refractivity contribution >= 4 is 23.6 Å². The number of aliphatic hydroxyl groups excluding tert-OH is 1. The number of piperidine rings is 2. The van der Waals surface area contributed by atoms with E-state index in [-0.39, 0.29) is 43.1 Å². The molecule has 2 N–H and O–H groups in total. The van der Waals surface area contributed by atoms with Crippen molar-refractivity contribution in [3.63, 3.8) is 0 Å². The number of hydrogen-bond acceptors (Lipinski definition) is 11. The number of aliphatic hydroxyl groups is 1. The number of nitrogens with zero attached hydrogens (tertiary/aromatic N) is 7. The number of carbonyl (C=O) groups excluding carboxylic acids is 2. The van der Waals surface area contributed by atoms with E-state index in [0.717, 1.165) is 6.20 Å². The lowest BCUT2D eigenvalue weighted by Crippen LogP contribution is -2.42. The third-order valence-electron chi connectivity index (χ3n) is 6.10. The summed E-state index contributed by atoms with van der Waals surface area (Å²) in [5.74, 6) is 0. The highest BCUT2D eigenvalue weighted by Crippen LogP contribution is 2.25. The van der Waals surface area contributed by atoms with Crippen LogP contribution in [0.5, 0.6) is 0 Å². The number of likely N-dealkylation sites (tertiary alicyclic amines) is 2. The lowest BCUT2D eigenvalue weighted by atomic mass is 10.1. The summed E-state index contributed by atoms with van der Waals surface area (Å²) in [5.41, 5.74) is -0.960. The molecular formula is C27H46N8O9. The van der Waals surface area contributed by atoms with E-state index in [2.05, 4.69) is 15.3 Å². The van der Waals surface area contributed by atoms with Gasteiger partial charge in [-0.25, -0.2) is 9.59 Å². The molecule has 4 rings (SSSR count). The van der Waals surface area contributed by atoms with Gasteiger partial charge in [0.25, 0.3) is 0 Å². The minimum absolute atomic E-state index is 0. The van der Waals surface area contributed by atoms with Crippen LogP contribution in [0.2, 0.25) is 0 Å². The second-order valence-corrected chi connectivity index (χ2v) is 12.0. The Morgan fingerprint density at radius 2 is 1.32 bits per heavy atom.